The molecule has 0 bridgehead atoms. The summed E-state index contributed by atoms with van der Waals surface area (Å²) >= 11 is 3.16. The zero-order valence-electron chi connectivity index (χ0n) is 11.6. The second kappa shape index (κ2) is 5.94. The minimum absolute atomic E-state index is 0.0577. The molecule has 0 atom stereocenters. The second-order valence-corrected chi connectivity index (χ2v) is 6.25. The first kappa shape index (κ1) is 16.9. The Balaban J connectivity index is 2.23. The summed E-state index contributed by atoms with van der Waals surface area (Å²) in [5.41, 5.74) is 3.34. The van der Waals surface area contributed by atoms with Crippen molar-refractivity contribution in [1.82, 2.24) is 4.57 Å². The first-order chi connectivity index (χ1) is 10.2. The number of nitrogens with two attached hydrogens (primary N) is 1. The van der Waals surface area contributed by atoms with Crippen LogP contribution in [0.4, 0.5) is 13.2 Å². The first-order valence-electron chi connectivity index (χ1n) is 6.67. The van der Waals surface area contributed by atoms with Crippen molar-refractivity contribution >= 4 is 21.9 Å². The minimum Gasteiger partial charge on any atom is -0.491 e. The Bertz CT molecular complexity index is 635. The van der Waals surface area contributed by atoms with E-state index in [1.54, 1.807) is 0 Å². The Kier molecular flexibility index (Phi) is 4.55. The summed E-state index contributed by atoms with van der Waals surface area (Å²) in [6.45, 7) is -0.474. The standard InChI is InChI=1S/C13H16BrF3N4O/c14-8-6-21(11(19)20)10(18)5-9(8)22-7-12(13(15,16)17)3-1-2-4-12/h5-6,18H,1-4,7H2,(H3,19,20). The van der Waals surface area contributed by atoms with Gasteiger partial charge in [0.1, 0.15) is 17.8 Å². The summed E-state index contributed by atoms with van der Waals surface area (Å²) in [4.78, 5) is 0. The van der Waals surface area contributed by atoms with E-state index in [0.29, 0.717) is 17.3 Å². The lowest BCUT2D eigenvalue weighted by Crippen LogP contribution is -2.41. The van der Waals surface area contributed by atoms with Gasteiger partial charge in [0.2, 0.25) is 0 Å². The highest BCUT2D eigenvalue weighted by atomic mass is 79.9. The summed E-state index contributed by atoms with van der Waals surface area (Å²) in [6, 6.07) is 1.24. The Hall–Kier alpha value is -1.51. The highest BCUT2D eigenvalue weighted by Crippen LogP contribution is 2.50. The van der Waals surface area contributed by atoms with Gasteiger partial charge in [0.25, 0.3) is 0 Å². The molecule has 1 aromatic rings. The number of hydrogen-bond acceptors (Lipinski definition) is 3. The minimum atomic E-state index is -4.31. The molecule has 1 aliphatic rings. The van der Waals surface area contributed by atoms with Gasteiger partial charge in [-0.15, -0.1) is 0 Å². The zero-order chi connectivity index (χ0) is 16.5. The number of rotatable bonds is 3. The van der Waals surface area contributed by atoms with Crippen molar-refractivity contribution in [2.45, 2.75) is 31.9 Å². The van der Waals surface area contributed by atoms with E-state index in [0.717, 1.165) is 4.57 Å². The lowest BCUT2D eigenvalue weighted by atomic mass is 9.86. The molecule has 1 heterocycles. The van der Waals surface area contributed by atoms with Crippen LogP contribution in [0.1, 0.15) is 25.7 Å². The SMILES string of the molecule is N=C(N)n1cc(Br)c(OCC2(C(F)(F)F)CCCC2)cc1=N. The summed E-state index contributed by atoms with van der Waals surface area (Å²) in [5, 5.41) is 15.0. The topological polar surface area (TPSA) is 87.9 Å². The number of pyridine rings is 1. The van der Waals surface area contributed by atoms with E-state index in [4.69, 9.17) is 21.3 Å². The summed E-state index contributed by atoms with van der Waals surface area (Å²) in [7, 11) is 0. The fourth-order valence-corrected chi connectivity index (χ4v) is 3.03. The zero-order valence-corrected chi connectivity index (χ0v) is 13.2. The summed E-state index contributed by atoms with van der Waals surface area (Å²) < 4.78 is 46.6. The third-order valence-electron chi connectivity index (χ3n) is 3.93. The van der Waals surface area contributed by atoms with Crippen LogP contribution >= 0.6 is 15.9 Å². The molecular formula is C13H16BrF3N4O. The number of aromatic nitrogens is 1. The smallest absolute Gasteiger partial charge is 0.397 e. The fraction of sp³-hybridized carbons (Fsp3) is 0.538. The maximum absolute atomic E-state index is 13.3. The molecule has 0 spiro atoms. The molecule has 5 nitrogen and oxygen atoms in total. The lowest BCUT2D eigenvalue weighted by molar-refractivity contribution is -0.230. The molecule has 2 rings (SSSR count). The molecule has 0 unspecified atom stereocenters. The van der Waals surface area contributed by atoms with Gasteiger partial charge in [-0.3, -0.25) is 15.4 Å². The van der Waals surface area contributed by atoms with E-state index >= 15 is 0 Å². The van der Waals surface area contributed by atoms with Gasteiger partial charge in [0.05, 0.1) is 9.89 Å². The molecule has 1 aliphatic carbocycles. The van der Waals surface area contributed by atoms with E-state index < -0.39 is 18.2 Å². The molecule has 1 saturated carbocycles. The molecule has 9 heteroatoms. The van der Waals surface area contributed by atoms with Crippen molar-refractivity contribution in [3.63, 3.8) is 0 Å². The van der Waals surface area contributed by atoms with E-state index in [2.05, 4.69) is 15.9 Å². The Labute approximate surface area is 133 Å². The monoisotopic (exact) mass is 380 g/mol. The van der Waals surface area contributed by atoms with Crippen LogP contribution in [0.5, 0.6) is 5.75 Å². The van der Waals surface area contributed by atoms with Gasteiger partial charge in [0, 0.05) is 12.3 Å². The molecule has 0 saturated heterocycles. The highest BCUT2D eigenvalue weighted by Gasteiger charge is 2.56. The van der Waals surface area contributed by atoms with Crippen LogP contribution in [-0.4, -0.2) is 23.3 Å². The molecule has 0 radical (unpaired) electrons. The van der Waals surface area contributed by atoms with Gasteiger partial charge in [-0.1, -0.05) is 12.8 Å². The molecule has 22 heavy (non-hydrogen) atoms. The number of hydrogen-bond donors (Lipinski definition) is 3. The highest BCUT2D eigenvalue weighted by molar-refractivity contribution is 9.10. The van der Waals surface area contributed by atoms with E-state index in [9.17, 15) is 13.2 Å². The number of ether oxygens (including phenoxy) is 1. The van der Waals surface area contributed by atoms with Crippen molar-refractivity contribution in [3.05, 3.63) is 22.2 Å². The Morgan fingerprint density at radius 2 is 2.00 bits per heavy atom. The van der Waals surface area contributed by atoms with Crippen molar-refractivity contribution in [3.8, 4) is 5.75 Å². The van der Waals surface area contributed by atoms with Crippen LogP contribution in [0.15, 0.2) is 16.7 Å². The van der Waals surface area contributed by atoms with Crippen LogP contribution in [0, 0.1) is 16.2 Å². The number of halogens is 4. The van der Waals surface area contributed by atoms with Gasteiger partial charge in [0.15, 0.2) is 5.96 Å². The van der Waals surface area contributed by atoms with Gasteiger partial charge >= 0.3 is 6.18 Å². The number of nitrogen functional groups attached to an aromatic ring is 1. The largest absolute Gasteiger partial charge is 0.491 e. The third kappa shape index (κ3) is 3.13. The maximum atomic E-state index is 13.3. The van der Waals surface area contributed by atoms with Crippen LogP contribution in [-0.2, 0) is 0 Å². The molecule has 0 amide bonds. The quantitative estimate of drug-likeness (QED) is 0.555. The average Bonchev–Trinajstić information content (AvgIpc) is 2.88. The molecule has 122 valence electrons. The molecule has 0 aliphatic heterocycles. The Morgan fingerprint density at radius 3 is 2.50 bits per heavy atom. The maximum Gasteiger partial charge on any atom is 0.397 e. The predicted molar refractivity (Wildman–Crippen MR) is 77.7 cm³/mol. The van der Waals surface area contributed by atoms with Crippen molar-refractivity contribution < 1.29 is 17.9 Å². The van der Waals surface area contributed by atoms with Crippen LogP contribution in [0.2, 0.25) is 0 Å². The van der Waals surface area contributed by atoms with Crippen molar-refractivity contribution in [2.75, 3.05) is 6.61 Å². The number of nitrogens with zero attached hydrogens (tertiary/aromatic N) is 1. The van der Waals surface area contributed by atoms with Gasteiger partial charge in [-0.2, -0.15) is 13.2 Å². The summed E-state index contributed by atoms with van der Waals surface area (Å²) in [5.74, 6) is -0.224. The lowest BCUT2D eigenvalue weighted by Gasteiger charge is -2.31. The van der Waals surface area contributed by atoms with Crippen LogP contribution in [0.25, 0.3) is 0 Å². The molecule has 4 N–H and O–H groups in total. The van der Waals surface area contributed by atoms with Gasteiger partial charge in [-0.25, -0.2) is 0 Å². The van der Waals surface area contributed by atoms with Crippen LogP contribution in [0.3, 0.4) is 0 Å². The van der Waals surface area contributed by atoms with Crippen LogP contribution < -0.4 is 16.0 Å². The molecule has 1 fully saturated rings. The van der Waals surface area contributed by atoms with Gasteiger partial charge in [-0.05, 0) is 28.8 Å². The molecular weight excluding hydrogens is 365 g/mol. The normalized spacial score (nSPS) is 17.5. The van der Waals surface area contributed by atoms with E-state index in [1.165, 1.54) is 12.3 Å². The molecule has 1 aromatic heterocycles. The number of nitrogens with one attached hydrogen (secondary N) is 2. The van der Waals surface area contributed by atoms with E-state index in [-0.39, 0.29) is 30.0 Å². The fourth-order valence-electron chi connectivity index (χ4n) is 2.60. The van der Waals surface area contributed by atoms with Crippen molar-refractivity contribution in [1.29, 1.82) is 10.8 Å². The molecule has 0 aromatic carbocycles. The first-order valence-corrected chi connectivity index (χ1v) is 7.46. The van der Waals surface area contributed by atoms with Gasteiger partial charge < -0.3 is 10.5 Å². The predicted octanol–water partition coefficient (Wildman–Crippen LogP) is 2.97. The Morgan fingerprint density at radius 1 is 1.41 bits per heavy atom. The van der Waals surface area contributed by atoms with E-state index in [1.807, 2.05) is 0 Å². The summed E-state index contributed by atoms with van der Waals surface area (Å²) in [6.07, 6.45) is -1.80. The average molecular weight is 381 g/mol. The van der Waals surface area contributed by atoms with Crippen molar-refractivity contribution in [2.24, 2.45) is 11.1 Å². The number of alkyl halides is 3. The second-order valence-electron chi connectivity index (χ2n) is 5.40. The third-order valence-corrected chi connectivity index (χ3v) is 4.53.